The minimum atomic E-state index is 0.222. The molecule has 0 aromatic carbocycles. The van der Waals surface area contributed by atoms with E-state index in [2.05, 4.69) is 22.2 Å². The molecule has 3 rings (SSSR count). The van der Waals surface area contributed by atoms with E-state index in [0.29, 0.717) is 17.7 Å². The molecule has 0 bridgehead atoms. The number of hydrogen-bond donors (Lipinski definition) is 1. The summed E-state index contributed by atoms with van der Waals surface area (Å²) in [6, 6.07) is 2.40. The van der Waals surface area contributed by atoms with Crippen LogP contribution in [0.5, 0.6) is 5.88 Å². The Hall–Kier alpha value is -1.62. The molecule has 1 N–H and O–H groups in total. The summed E-state index contributed by atoms with van der Waals surface area (Å²) in [5.74, 6) is 1.33. The topological polar surface area (TPSA) is 51.5 Å². The zero-order valence-electron chi connectivity index (χ0n) is 9.13. The Balaban J connectivity index is 1.79. The maximum absolute atomic E-state index is 5.80. The maximum atomic E-state index is 5.80. The summed E-state index contributed by atoms with van der Waals surface area (Å²) in [6.07, 6.45) is 6.76. The molecule has 2 atom stereocenters. The normalized spacial score (nSPS) is 25.1. The molecule has 2 unspecified atom stereocenters. The molecule has 5 nitrogen and oxygen atoms in total. The number of ether oxygens (including phenoxy) is 1. The molecule has 2 aromatic heterocycles. The lowest BCUT2D eigenvalue weighted by Gasteiger charge is -2.08. The first-order valence-corrected chi connectivity index (χ1v) is 5.51. The second-order valence-corrected chi connectivity index (χ2v) is 4.19. The number of fused-ring (bicyclic) bond motifs is 1. The molecular formula is C11H14N4O. The van der Waals surface area contributed by atoms with Gasteiger partial charge in [-0.3, -0.25) is 4.40 Å². The maximum Gasteiger partial charge on any atom is 0.237 e. The van der Waals surface area contributed by atoms with E-state index >= 15 is 0 Å². The van der Waals surface area contributed by atoms with Crippen molar-refractivity contribution in [1.29, 1.82) is 0 Å². The third-order valence-corrected chi connectivity index (χ3v) is 2.81. The standard InChI is InChI=1S/C11H14N4O/c1-8-5-9(6-13-8)16-10-7-15-4-2-3-12-11(15)14-10/h2-4,7-9,13H,5-6H2,1H3. The zero-order chi connectivity index (χ0) is 11.0. The van der Waals surface area contributed by atoms with Gasteiger partial charge in [0, 0.05) is 31.4 Å². The van der Waals surface area contributed by atoms with Crippen LogP contribution in [0.4, 0.5) is 0 Å². The second kappa shape index (κ2) is 3.75. The Morgan fingerprint density at radius 3 is 3.25 bits per heavy atom. The van der Waals surface area contributed by atoms with Crippen LogP contribution in [0.25, 0.3) is 5.78 Å². The van der Waals surface area contributed by atoms with Gasteiger partial charge < -0.3 is 10.1 Å². The smallest absolute Gasteiger partial charge is 0.237 e. The fourth-order valence-electron chi connectivity index (χ4n) is 2.02. The molecular weight excluding hydrogens is 204 g/mol. The van der Waals surface area contributed by atoms with Gasteiger partial charge in [0.2, 0.25) is 11.7 Å². The molecule has 1 fully saturated rings. The van der Waals surface area contributed by atoms with E-state index in [9.17, 15) is 0 Å². The monoisotopic (exact) mass is 218 g/mol. The lowest BCUT2D eigenvalue weighted by Crippen LogP contribution is -2.20. The fraction of sp³-hybridized carbons (Fsp3) is 0.455. The highest BCUT2D eigenvalue weighted by molar-refractivity contribution is 5.32. The van der Waals surface area contributed by atoms with Gasteiger partial charge in [-0.2, -0.15) is 4.98 Å². The van der Waals surface area contributed by atoms with Gasteiger partial charge in [-0.1, -0.05) is 0 Å². The first-order chi connectivity index (χ1) is 7.81. The van der Waals surface area contributed by atoms with Crippen LogP contribution in [0, 0.1) is 0 Å². The molecule has 1 aliphatic heterocycles. The van der Waals surface area contributed by atoms with Crippen LogP contribution in [0.1, 0.15) is 13.3 Å². The minimum absolute atomic E-state index is 0.222. The van der Waals surface area contributed by atoms with Gasteiger partial charge in [0.05, 0.1) is 6.20 Å². The Labute approximate surface area is 93.5 Å². The molecule has 1 aliphatic rings. The van der Waals surface area contributed by atoms with Gasteiger partial charge >= 0.3 is 0 Å². The molecule has 1 saturated heterocycles. The Bertz CT molecular complexity index is 462. The number of hydrogen-bond acceptors (Lipinski definition) is 4. The van der Waals surface area contributed by atoms with Crippen molar-refractivity contribution in [2.45, 2.75) is 25.5 Å². The fourth-order valence-corrected chi connectivity index (χ4v) is 2.02. The lowest BCUT2D eigenvalue weighted by molar-refractivity contribution is 0.213. The van der Waals surface area contributed by atoms with Crippen molar-refractivity contribution in [2.75, 3.05) is 6.54 Å². The molecule has 84 valence electrons. The van der Waals surface area contributed by atoms with Crippen molar-refractivity contribution in [1.82, 2.24) is 19.7 Å². The third kappa shape index (κ3) is 1.74. The molecule has 0 amide bonds. The molecule has 5 heteroatoms. The first kappa shape index (κ1) is 9.59. The van der Waals surface area contributed by atoms with Crippen molar-refractivity contribution in [3.63, 3.8) is 0 Å². The van der Waals surface area contributed by atoms with Crippen molar-refractivity contribution in [3.05, 3.63) is 24.7 Å². The number of nitrogens with zero attached hydrogens (tertiary/aromatic N) is 3. The van der Waals surface area contributed by atoms with E-state index in [1.807, 2.05) is 22.9 Å². The molecule has 0 aliphatic carbocycles. The Morgan fingerprint density at radius 1 is 1.56 bits per heavy atom. The average molecular weight is 218 g/mol. The van der Waals surface area contributed by atoms with E-state index in [1.165, 1.54) is 0 Å². The van der Waals surface area contributed by atoms with Gasteiger partial charge in [0.1, 0.15) is 6.10 Å². The van der Waals surface area contributed by atoms with E-state index < -0.39 is 0 Å². The van der Waals surface area contributed by atoms with E-state index in [-0.39, 0.29) is 6.10 Å². The SMILES string of the molecule is CC1CC(Oc2cn3cccnc3n2)CN1. The van der Waals surface area contributed by atoms with Gasteiger partial charge in [-0.15, -0.1) is 0 Å². The summed E-state index contributed by atoms with van der Waals surface area (Å²) in [6.45, 7) is 3.05. The van der Waals surface area contributed by atoms with Gasteiger partial charge in [-0.05, 0) is 13.0 Å². The number of rotatable bonds is 2. The molecule has 2 aromatic rings. The Kier molecular flexibility index (Phi) is 2.25. The number of nitrogens with one attached hydrogen (secondary N) is 1. The van der Waals surface area contributed by atoms with Crippen LogP contribution >= 0.6 is 0 Å². The Morgan fingerprint density at radius 2 is 2.50 bits per heavy atom. The summed E-state index contributed by atoms with van der Waals surface area (Å²) in [4.78, 5) is 8.45. The molecule has 0 radical (unpaired) electrons. The minimum Gasteiger partial charge on any atom is -0.472 e. The quantitative estimate of drug-likeness (QED) is 0.812. The predicted octanol–water partition coefficient (Wildman–Crippen LogP) is 0.858. The number of imidazole rings is 1. The van der Waals surface area contributed by atoms with E-state index in [1.54, 1.807) is 6.20 Å². The van der Waals surface area contributed by atoms with Gasteiger partial charge in [0.25, 0.3) is 0 Å². The zero-order valence-corrected chi connectivity index (χ0v) is 9.13. The second-order valence-electron chi connectivity index (χ2n) is 4.19. The summed E-state index contributed by atoms with van der Waals surface area (Å²) in [7, 11) is 0. The van der Waals surface area contributed by atoms with Crippen molar-refractivity contribution in [2.24, 2.45) is 0 Å². The van der Waals surface area contributed by atoms with Crippen LogP contribution in [-0.2, 0) is 0 Å². The highest BCUT2D eigenvalue weighted by Crippen LogP contribution is 2.16. The largest absolute Gasteiger partial charge is 0.472 e. The van der Waals surface area contributed by atoms with Crippen LogP contribution in [-0.4, -0.2) is 33.1 Å². The van der Waals surface area contributed by atoms with E-state index in [4.69, 9.17) is 4.74 Å². The van der Waals surface area contributed by atoms with Crippen LogP contribution in [0.2, 0.25) is 0 Å². The van der Waals surface area contributed by atoms with Crippen LogP contribution in [0.15, 0.2) is 24.7 Å². The van der Waals surface area contributed by atoms with Crippen LogP contribution < -0.4 is 10.1 Å². The highest BCUT2D eigenvalue weighted by atomic mass is 16.5. The van der Waals surface area contributed by atoms with Gasteiger partial charge in [-0.25, -0.2) is 4.98 Å². The molecule has 16 heavy (non-hydrogen) atoms. The van der Waals surface area contributed by atoms with E-state index in [0.717, 1.165) is 13.0 Å². The highest BCUT2D eigenvalue weighted by Gasteiger charge is 2.22. The summed E-state index contributed by atoms with van der Waals surface area (Å²) < 4.78 is 7.66. The summed E-state index contributed by atoms with van der Waals surface area (Å²) >= 11 is 0. The first-order valence-electron chi connectivity index (χ1n) is 5.51. The number of aromatic nitrogens is 3. The predicted molar refractivity (Wildman–Crippen MR) is 59.5 cm³/mol. The lowest BCUT2D eigenvalue weighted by atomic mass is 10.2. The molecule has 0 spiro atoms. The van der Waals surface area contributed by atoms with Gasteiger partial charge in [0.15, 0.2) is 0 Å². The van der Waals surface area contributed by atoms with Crippen molar-refractivity contribution < 1.29 is 4.74 Å². The van der Waals surface area contributed by atoms with Crippen molar-refractivity contribution >= 4 is 5.78 Å². The summed E-state index contributed by atoms with van der Waals surface area (Å²) in [5, 5.41) is 3.35. The third-order valence-electron chi connectivity index (χ3n) is 2.81. The average Bonchev–Trinajstić information content (AvgIpc) is 2.84. The van der Waals surface area contributed by atoms with Crippen molar-refractivity contribution in [3.8, 4) is 5.88 Å². The van der Waals surface area contributed by atoms with Crippen LogP contribution in [0.3, 0.4) is 0 Å². The summed E-state index contributed by atoms with van der Waals surface area (Å²) in [5.41, 5.74) is 0. The molecule has 3 heterocycles. The molecule has 0 saturated carbocycles.